The van der Waals surface area contributed by atoms with E-state index < -0.39 is 103 Å². The van der Waals surface area contributed by atoms with Gasteiger partial charge in [0.25, 0.3) is 34.6 Å². The summed E-state index contributed by atoms with van der Waals surface area (Å²) in [4.78, 5) is 118. The average Bonchev–Trinajstić information content (AvgIpc) is 1.50. The van der Waals surface area contributed by atoms with E-state index in [1.807, 2.05) is 10.6 Å². The number of aliphatic hydroxyl groups excluding tert-OH is 7. The molecule has 6 saturated heterocycles. The minimum atomic E-state index is -1.77. The van der Waals surface area contributed by atoms with Gasteiger partial charge >= 0.3 is 0 Å². The van der Waals surface area contributed by atoms with E-state index in [9.17, 15) is 79.4 Å². The number of hydrogen-bond donors (Lipinski definition) is 11. The van der Waals surface area contributed by atoms with Crippen LogP contribution in [-0.4, -0.2) is 256 Å². The summed E-state index contributed by atoms with van der Waals surface area (Å²) in [6.45, 7) is 4.04. The van der Waals surface area contributed by atoms with E-state index in [2.05, 4.69) is 46.2 Å². The molecule has 11 N–H and O–H groups in total. The van der Waals surface area contributed by atoms with Crippen molar-refractivity contribution in [2.45, 2.75) is 97.8 Å². The van der Waals surface area contributed by atoms with Crippen LogP contribution in [0.3, 0.4) is 0 Å². The fraction of sp³-hybridized carbons (Fsp3) is 0.521. The first-order chi connectivity index (χ1) is 52.8. The van der Waals surface area contributed by atoms with Gasteiger partial charge in [-0.2, -0.15) is 0 Å². The number of aliphatic carboxylic acids is 2. The van der Waals surface area contributed by atoms with Gasteiger partial charge in [-0.15, -0.1) is 0 Å². The summed E-state index contributed by atoms with van der Waals surface area (Å²) in [5.74, 6) is -0.547. The van der Waals surface area contributed by atoms with Gasteiger partial charge in [-0.1, -0.05) is 12.2 Å². The second-order valence-electron chi connectivity index (χ2n) is 26.8. The molecular weight excluding hydrogens is 1460 g/mol. The van der Waals surface area contributed by atoms with Gasteiger partial charge in [-0.25, -0.2) is 0 Å². The molecule has 110 heavy (non-hydrogen) atoms. The number of hydrogen-bond acceptors (Lipinski definition) is 29. The minimum absolute atomic E-state index is 0.0128. The summed E-state index contributed by atoms with van der Waals surface area (Å²) in [6.07, 6.45) is 10.4. The molecule has 4 bridgehead atoms. The lowest BCUT2D eigenvalue weighted by Crippen LogP contribution is -3.16. The number of carboxylic acid groups (broad SMARTS) is 2. The number of ether oxygens (including phenoxy) is 6. The zero-order valence-corrected chi connectivity index (χ0v) is 61.6. The second-order valence-corrected chi connectivity index (χ2v) is 26.8. The molecule has 12 aliphatic rings. The number of benzene rings is 4. The molecule has 16 rings (SSSR count). The Labute approximate surface area is 628 Å². The van der Waals surface area contributed by atoms with Gasteiger partial charge in [0, 0.05) is 109 Å². The van der Waals surface area contributed by atoms with Gasteiger partial charge in [0.1, 0.15) is 12.1 Å². The molecule has 0 radical (unpaired) electrons. The lowest BCUT2D eigenvalue weighted by Gasteiger charge is -2.56. The van der Waals surface area contributed by atoms with Crippen LogP contribution in [-0.2, 0) is 39.5 Å². The predicted molar refractivity (Wildman–Crippen MR) is 378 cm³/mol. The van der Waals surface area contributed by atoms with Gasteiger partial charge in [-0.3, -0.25) is 59.6 Å². The van der Waals surface area contributed by atoms with E-state index >= 15 is 0 Å². The largest absolute Gasteiger partial charge is 0.548 e. The Bertz CT molecular complexity index is 3910. The van der Waals surface area contributed by atoms with Crippen LogP contribution < -0.4 is 59.4 Å². The van der Waals surface area contributed by atoms with Crippen molar-refractivity contribution in [3.8, 4) is 23.0 Å². The van der Waals surface area contributed by atoms with Crippen molar-refractivity contribution in [3.05, 3.63) is 147 Å². The summed E-state index contributed by atoms with van der Waals surface area (Å²) < 4.78 is 35.2. The molecule has 10 aliphatic heterocycles. The summed E-state index contributed by atoms with van der Waals surface area (Å²) >= 11 is 0. The number of rotatable bonds is 16. The van der Waals surface area contributed by atoms with E-state index in [1.54, 1.807) is 49.4 Å². The van der Waals surface area contributed by atoms with Crippen molar-refractivity contribution in [2.75, 3.05) is 126 Å². The number of carbonyl (C=O) groups excluding carboxylic acids is 6. The van der Waals surface area contributed by atoms with Crippen molar-refractivity contribution >= 4 is 69.7 Å². The van der Waals surface area contributed by atoms with E-state index in [1.165, 1.54) is 37.1 Å². The number of aliphatic hydroxyl groups is 7. The number of nitro groups is 4. The van der Waals surface area contributed by atoms with Crippen molar-refractivity contribution < 1.29 is 133 Å². The molecule has 39 nitrogen and oxygen atoms in total. The molecule has 2 spiro atoms. The number of piperidine rings is 4. The van der Waals surface area contributed by atoms with Crippen molar-refractivity contribution in [3.63, 3.8) is 0 Å². The summed E-state index contributed by atoms with van der Waals surface area (Å²) in [5, 5.41) is 120. The van der Waals surface area contributed by atoms with Crippen molar-refractivity contribution in [1.82, 2.24) is 10.6 Å². The number of non-ortho nitro benzene ring substituents is 4. The lowest BCUT2D eigenvalue weighted by atomic mass is 9.53. The van der Waals surface area contributed by atoms with Gasteiger partial charge < -0.3 is 114 Å². The molecule has 4 aromatic carbocycles. The van der Waals surface area contributed by atoms with Crippen LogP contribution in [0.15, 0.2) is 84.0 Å². The number of carbonyl (C=O) groups is 6. The summed E-state index contributed by atoms with van der Waals surface area (Å²) in [6, 6.07) is 10.8. The lowest BCUT2D eigenvalue weighted by molar-refractivity contribution is -0.916. The van der Waals surface area contributed by atoms with Gasteiger partial charge in [0.05, 0.1) is 207 Å². The number of nitrogens with zero attached hydrogens (tertiary/aromatic N) is 6. The van der Waals surface area contributed by atoms with E-state index in [4.69, 9.17) is 64.2 Å². The molecule has 598 valence electrons. The van der Waals surface area contributed by atoms with Crippen LogP contribution in [0.2, 0.25) is 0 Å². The molecule has 4 aromatic rings. The quantitative estimate of drug-likeness (QED) is 0.0290. The molecular formula is C71H90N10O29. The maximum Gasteiger partial charge on any atom is 0.277 e. The third-order valence-electron chi connectivity index (χ3n) is 22.7. The third-order valence-corrected chi connectivity index (χ3v) is 22.7. The average molecular weight is 1550 g/mol. The number of nitro benzene ring substituents is 4. The van der Waals surface area contributed by atoms with E-state index in [0.717, 1.165) is 109 Å². The van der Waals surface area contributed by atoms with Gasteiger partial charge in [0.15, 0.2) is 23.0 Å². The zero-order valence-electron chi connectivity index (χ0n) is 61.6. The highest BCUT2D eigenvalue weighted by Gasteiger charge is 2.75. The maximum atomic E-state index is 13.5. The second kappa shape index (κ2) is 35.9. The molecule has 10 heterocycles. The first-order valence-electron chi connectivity index (χ1n) is 34.7. The monoisotopic (exact) mass is 1550 g/mol. The standard InChI is InChI=1S/2C23H26N2O4.2C10H9N3O8.5CH4O/c2*1-27-16-8-14-15(9-17(16)28-2)25-20(26)10-18-21-13-7-19-23(14,22(21)25)4-5-24(19)11-12(13)3-6-29-18;2*14-4-8(10(16)17)11-9(15)5-1-6(12(18)19)3-7(2-5)13(20)21;5*1-2/h2*3,8-9,13,18-19,21-22H,4-7,10-11H2,1-2H3;2*1-3,8,14H,4H2,(H,11,15)(H,16,17);5*2H,1H3/t2*13-,18-,19-,21-,22-,23+;2*8-;;;;;/m0011...../s1. The van der Waals surface area contributed by atoms with Crippen LogP contribution >= 0.6 is 0 Å². The number of amides is 4. The molecule has 2 unspecified atom stereocenters. The highest BCUT2D eigenvalue weighted by molar-refractivity contribution is 6.02. The van der Waals surface area contributed by atoms with Crippen molar-refractivity contribution in [2.24, 2.45) is 23.7 Å². The molecule has 0 aromatic heterocycles. The molecule has 16 atom stereocenters. The van der Waals surface area contributed by atoms with Crippen LogP contribution in [0, 0.1) is 64.1 Å². The van der Waals surface area contributed by atoms with E-state index in [0.29, 0.717) is 85.4 Å². The Morgan fingerprint density at radius 3 is 1.11 bits per heavy atom. The van der Waals surface area contributed by atoms with Crippen molar-refractivity contribution in [1.29, 1.82) is 0 Å². The fourth-order valence-corrected chi connectivity index (χ4v) is 18.9. The SMILES string of the molecule is CO.CO.CO.CO.CO.COc1cc2c(cc1OC)[C@@]13CC[NH+]4CC5=CCO[C@H]6CC(=O)N2[C@H]1[C@H]6[C@H]5C[C@H]43.COc1cc2c(cc1OC)[C@@]13CC[NH+]4CC5=CCO[C@H]6CC(=O)N2[C@H]1[C@H]6[C@H]5C[C@H]43.O=C(N[C@H](CO)C(=O)[O-])c1cc([N+](=O)[O-])cc([N+](=O)[O-])c1.O=C(N[C@H](CO)C(=O)[O-])c1cc([N+](=O)[O-])cc([N+](=O)[O-])c1. The zero-order chi connectivity index (χ0) is 81.3. The minimum Gasteiger partial charge on any atom is -0.548 e. The normalized spacial score (nSPS) is 27.3. The Balaban J connectivity index is 0.000000180. The first kappa shape index (κ1) is 85.2. The van der Waals surface area contributed by atoms with Crippen LogP contribution in [0.1, 0.15) is 70.4 Å². The number of fused-ring (bicyclic) bond motifs is 4. The molecule has 2 saturated carbocycles. The Hall–Kier alpha value is -10.5. The number of anilines is 2. The Morgan fingerprint density at radius 1 is 0.518 bits per heavy atom. The first-order valence-corrected chi connectivity index (χ1v) is 34.7. The topological polar surface area (TPSA) is 558 Å². The highest BCUT2D eigenvalue weighted by Crippen LogP contribution is 2.66. The number of methoxy groups -OCH3 is 4. The molecule has 39 heteroatoms. The smallest absolute Gasteiger partial charge is 0.277 e. The third kappa shape index (κ3) is 15.1. The molecule has 8 fully saturated rings. The number of quaternary nitrogens is 2. The van der Waals surface area contributed by atoms with Crippen LogP contribution in [0.4, 0.5) is 34.1 Å². The summed E-state index contributed by atoms with van der Waals surface area (Å²) in [5.41, 5.74) is 4.12. The maximum absolute atomic E-state index is 13.5. The Kier molecular flexibility index (Phi) is 27.8. The van der Waals surface area contributed by atoms with Gasteiger partial charge in [-0.05, 0) is 46.2 Å². The van der Waals surface area contributed by atoms with Crippen LogP contribution in [0.5, 0.6) is 23.0 Å². The fourth-order valence-electron chi connectivity index (χ4n) is 18.9. The predicted octanol–water partition coefficient (Wildman–Crippen LogP) is -3.89. The molecule has 2 aliphatic carbocycles. The number of carboxylic acids is 2. The number of nitrogens with one attached hydrogen (secondary N) is 4. The molecule has 4 amide bonds. The van der Waals surface area contributed by atoms with Crippen LogP contribution in [0.25, 0.3) is 0 Å². The highest BCUT2D eigenvalue weighted by atomic mass is 16.6. The summed E-state index contributed by atoms with van der Waals surface area (Å²) in [7, 11) is 11.7. The Morgan fingerprint density at radius 2 is 0.827 bits per heavy atom. The van der Waals surface area contributed by atoms with Gasteiger partial charge in [0.2, 0.25) is 11.8 Å². The van der Waals surface area contributed by atoms with E-state index in [-0.39, 0.29) is 46.9 Å².